The van der Waals surface area contributed by atoms with Gasteiger partial charge in [0.05, 0.1) is 6.54 Å². The summed E-state index contributed by atoms with van der Waals surface area (Å²) in [6.07, 6.45) is 1.49. The van der Waals surface area contributed by atoms with Gasteiger partial charge in [-0.15, -0.1) is 12.4 Å². The van der Waals surface area contributed by atoms with Crippen molar-refractivity contribution in [2.75, 3.05) is 13.2 Å². The van der Waals surface area contributed by atoms with Crippen LogP contribution in [0.4, 0.5) is 0 Å². The van der Waals surface area contributed by atoms with Crippen molar-refractivity contribution in [1.29, 1.82) is 0 Å². The summed E-state index contributed by atoms with van der Waals surface area (Å²) in [7, 11) is 0. The molecule has 2 nitrogen and oxygen atoms in total. The molecule has 1 aromatic carbocycles. The van der Waals surface area contributed by atoms with Gasteiger partial charge >= 0.3 is 0 Å². The predicted molar refractivity (Wildman–Crippen MR) is 53.0 cm³/mol. The largest absolute Gasteiger partial charge is 0.482 e. The predicted octanol–water partition coefficient (Wildman–Crippen LogP) is 2.15. The Morgan fingerprint density at radius 1 is 0.917 bits per heavy atom. The first-order valence-corrected chi connectivity index (χ1v) is 3.60. The molecule has 1 aliphatic heterocycles. The normalized spacial score (nSPS) is 12.0. The minimum atomic E-state index is 0. The smallest absolute Gasteiger partial charge is 0.169 e. The van der Waals surface area contributed by atoms with Crippen LogP contribution in [-0.2, 0) is 4.74 Å². The highest BCUT2D eigenvalue weighted by molar-refractivity contribution is 5.85. The quantitative estimate of drug-likeness (QED) is 0.607. The molecule has 1 heterocycles. The molecule has 0 fully saturated rings. The number of hydrogen-bond acceptors (Lipinski definition) is 2. The van der Waals surface area contributed by atoms with Crippen LogP contribution in [0.2, 0.25) is 0 Å². The van der Waals surface area contributed by atoms with E-state index in [2.05, 4.69) is 9.73 Å². The van der Waals surface area contributed by atoms with Crippen molar-refractivity contribution >= 4 is 18.8 Å². The summed E-state index contributed by atoms with van der Waals surface area (Å²) >= 11 is 0. The number of aliphatic imine (C=N–C) groups is 1. The molecule has 0 atom stereocenters. The molecule has 2 rings (SSSR count). The maximum Gasteiger partial charge on any atom is 0.169 e. The SMILES string of the molecule is C1=NCCO1.Cl.c1ccccc1. The molecule has 0 aliphatic carbocycles. The van der Waals surface area contributed by atoms with Crippen molar-refractivity contribution in [3.63, 3.8) is 0 Å². The van der Waals surface area contributed by atoms with Crippen LogP contribution in [0.15, 0.2) is 41.4 Å². The number of halogens is 1. The lowest BCUT2D eigenvalue weighted by Crippen LogP contribution is -1.80. The molecule has 1 aromatic rings. The van der Waals surface area contributed by atoms with Crippen molar-refractivity contribution in [3.8, 4) is 0 Å². The lowest BCUT2D eigenvalue weighted by molar-refractivity contribution is 0.361. The minimum Gasteiger partial charge on any atom is -0.482 e. The van der Waals surface area contributed by atoms with E-state index in [0.717, 1.165) is 13.2 Å². The molecule has 0 saturated heterocycles. The second-order valence-corrected chi connectivity index (χ2v) is 2.04. The van der Waals surface area contributed by atoms with Crippen LogP contribution in [0, 0.1) is 0 Å². The summed E-state index contributed by atoms with van der Waals surface area (Å²) in [5.74, 6) is 0. The van der Waals surface area contributed by atoms with Crippen molar-refractivity contribution in [1.82, 2.24) is 0 Å². The van der Waals surface area contributed by atoms with Crippen LogP contribution < -0.4 is 0 Å². The Labute approximate surface area is 78.7 Å². The van der Waals surface area contributed by atoms with E-state index in [0.29, 0.717) is 0 Å². The standard InChI is InChI=1S/C6H6.C3H5NO.ClH/c1-2-4-6-5-3-1;1-2-5-3-4-1;/h1-6H;3H,1-2H2;1H. The molecule has 12 heavy (non-hydrogen) atoms. The Morgan fingerprint density at radius 3 is 1.58 bits per heavy atom. The Bertz CT molecular complexity index is 168. The van der Waals surface area contributed by atoms with Crippen LogP contribution in [0.1, 0.15) is 0 Å². The van der Waals surface area contributed by atoms with Gasteiger partial charge in [-0.05, 0) is 0 Å². The number of nitrogens with zero attached hydrogens (tertiary/aromatic N) is 1. The third kappa shape index (κ3) is 5.74. The molecular formula is C9H12ClNO. The van der Waals surface area contributed by atoms with Gasteiger partial charge in [0.25, 0.3) is 0 Å². The monoisotopic (exact) mass is 185 g/mol. The summed E-state index contributed by atoms with van der Waals surface area (Å²) in [4.78, 5) is 3.74. The molecule has 0 saturated carbocycles. The van der Waals surface area contributed by atoms with Gasteiger partial charge in [-0.2, -0.15) is 0 Å². The Morgan fingerprint density at radius 2 is 1.42 bits per heavy atom. The summed E-state index contributed by atoms with van der Waals surface area (Å²) in [5, 5.41) is 0. The van der Waals surface area contributed by atoms with E-state index in [1.807, 2.05) is 36.4 Å². The van der Waals surface area contributed by atoms with E-state index in [1.165, 1.54) is 6.40 Å². The lowest BCUT2D eigenvalue weighted by atomic mass is 10.4. The second-order valence-electron chi connectivity index (χ2n) is 2.04. The molecule has 0 aromatic heterocycles. The van der Waals surface area contributed by atoms with Crippen LogP contribution in [-0.4, -0.2) is 19.6 Å². The molecule has 0 bridgehead atoms. The van der Waals surface area contributed by atoms with Crippen LogP contribution in [0.3, 0.4) is 0 Å². The fraction of sp³-hybridized carbons (Fsp3) is 0.222. The van der Waals surface area contributed by atoms with Gasteiger partial charge in [0.1, 0.15) is 6.61 Å². The lowest BCUT2D eigenvalue weighted by Gasteiger charge is -1.76. The molecular weight excluding hydrogens is 174 g/mol. The van der Waals surface area contributed by atoms with Crippen molar-refractivity contribution in [2.45, 2.75) is 0 Å². The molecule has 3 heteroatoms. The average molecular weight is 186 g/mol. The maximum absolute atomic E-state index is 4.65. The Hall–Kier alpha value is -1.02. The summed E-state index contributed by atoms with van der Waals surface area (Å²) < 4.78 is 4.65. The van der Waals surface area contributed by atoms with Gasteiger partial charge in [-0.3, -0.25) is 4.99 Å². The summed E-state index contributed by atoms with van der Waals surface area (Å²) in [6.45, 7) is 1.62. The van der Waals surface area contributed by atoms with Crippen LogP contribution in [0.5, 0.6) is 0 Å². The van der Waals surface area contributed by atoms with E-state index >= 15 is 0 Å². The summed E-state index contributed by atoms with van der Waals surface area (Å²) in [6, 6.07) is 12.0. The molecule has 1 aliphatic rings. The van der Waals surface area contributed by atoms with Crippen molar-refractivity contribution < 1.29 is 4.74 Å². The topological polar surface area (TPSA) is 21.6 Å². The Kier molecular flexibility index (Phi) is 7.39. The van der Waals surface area contributed by atoms with Crippen LogP contribution >= 0.6 is 12.4 Å². The molecule has 0 spiro atoms. The maximum atomic E-state index is 4.65. The van der Waals surface area contributed by atoms with Gasteiger partial charge in [0.2, 0.25) is 0 Å². The van der Waals surface area contributed by atoms with Gasteiger partial charge in [0.15, 0.2) is 6.40 Å². The second kappa shape index (κ2) is 8.08. The van der Waals surface area contributed by atoms with Gasteiger partial charge < -0.3 is 4.74 Å². The third-order valence-corrected chi connectivity index (χ3v) is 1.15. The molecule has 66 valence electrons. The van der Waals surface area contributed by atoms with E-state index in [1.54, 1.807) is 0 Å². The van der Waals surface area contributed by atoms with E-state index in [9.17, 15) is 0 Å². The first-order chi connectivity index (χ1) is 5.50. The molecule has 0 amide bonds. The highest BCUT2D eigenvalue weighted by atomic mass is 35.5. The van der Waals surface area contributed by atoms with Gasteiger partial charge in [-0.25, -0.2) is 0 Å². The fourth-order valence-electron chi connectivity index (χ4n) is 0.648. The fourth-order valence-corrected chi connectivity index (χ4v) is 0.648. The van der Waals surface area contributed by atoms with E-state index in [4.69, 9.17) is 0 Å². The van der Waals surface area contributed by atoms with Crippen molar-refractivity contribution in [2.24, 2.45) is 4.99 Å². The zero-order valence-electron chi connectivity index (χ0n) is 6.72. The number of rotatable bonds is 0. The van der Waals surface area contributed by atoms with Gasteiger partial charge in [0, 0.05) is 0 Å². The first-order valence-electron chi connectivity index (χ1n) is 3.60. The first kappa shape index (κ1) is 11.0. The number of ether oxygens (including phenoxy) is 1. The van der Waals surface area contributed by atoms with Crippen LogP contribution in [0.25, 0.3) is 0 Å². The minimum absolute atomic E-state index is 0. The molecule has 0 radical (unpaired) electrons. The van der Waals surface area contributed by atoms with Crippen molar-refractivity contribution in [3.05, 3.63) is 36.4 Å². The summed E-state index contributed by atoms with van der Waals surface area (Å²) in [5.41, 5.74) is 0. The zero-order chi connectivity index (χ0) is 7.78. The highest BCUT2D eigenvalue weighted by Gasteiger charge is 1.84. The molecule has 0 N–H and O–H groups in total. The van der Waals surface area contributed by atoms with Gasteiger partial charge in [-0.1, -0.05) is 36.4 Å². The number of benzene rings is 1. The zero-order valence-corrected chi connectivity index (χ0v) is 7.54. The Balaban J connectivity index is 0.000000189. The van der Waals surface area contributed by atoms with E-state index < -0.39 is 0 Å². The third-order valence-electron chi connectivity index (χ3n) is 1.15. The average Bonchev–Trinajstić information content (AvgIpc) is 2.64. The molecule has 0 unspecified atom stereocenters. The highest BCUT2D eigenvalue weighted by Crippen LogP contribution is 1.80. The number of hydrogen-bond donors (Lipinski definition) is 0. The van der Waals surface area contributed by atoms with E-state index in [-0.39, 0.29) is 12.4 Å².